The topological polar surface area (TPSA) is 54.5 Å². The van der Waals surface area contributed by atoms with Crippen LogP contribution in [0.2, 0.25) is 0 Å². The maximum absolute atomic E-state index is 11.9. The molecule has 0 aliphatic heterocycles. The summed E-state index contributed by atoms with van der Waals surface area (Å²) in [6.45, 7) is 7.56. The van der Waals surface area contributed by atoms with Gasteiger partial charge in [0, 0.05) is 39.5 Å². The Morgan fingerprint density at radius 2 is 2.00 bits per heavy atom. The van der Waals surface area contributed by atoms with Gasteiger partial charge >= 0.3 is 0 Å². The van der Waals surface area contributed by atoms with Gasteiger partial charge in [-0.25, -0.2) is 4.98 Å². The third kappa shape index (κ3) is 6.12. The zero-order chi connectivity index (χ0) is 15.5. The molecule has 0 aliphatic rings. The first kappa shape index (κ1) is 17.4. The highest BCUT2D eigenvalue weighted by Gasteiger charge is 2.09. The largest absolute Gasteiger partial charge is 0.385 e. The molecule has 0 aliphatic carbocycles. The molecule has 21 heavy (non-hydrogen) atoms. The van der Waals surface area contributed by atoms with Gasteiger partial charge in [-0.05, 0) is 31.4 Å². The molecule has 1 amide bonds. The summed E-state index contributed by atoms with van der Waals surface area (Å²) in [6.07, 6.45) is 4.64. The Labute approximate surface area is 127 Å². The van der Waals surface area contributed by atoms with E-state index in [4.69, 9.17) is 4.74 Å². The lowest BCUT2D eigenvalue weighted by molar-refractivity contribution is 0.0948. The van der Waals surface area contributed by atoms with Crippen LogP contribution >= 0.6 is 0 Å². The third-order valence-electron chi connectivity index (χ3n) is 3.13. The van der Waals surface area contributed by atoms with Crippen molar-refractivity contribution in [2.75, 3.05) is 38.3 Å². The minimum absolute atomic E-state index is 0.0808. The maximum Gasteiger partial charge on any atom is 0.252 e. The molecule has 1 rings (SSSR count). The Hall–Kier alpha value is -1.62. The van der Waals surface area contributed by atoms with Crippen molar-refractivity contribution < 1.29 is 9.53 Å². The molecule has 0 radical (unpaired) electrons. The van der Waals surface area contributed by atoms with Gasteiger partial charge in [-0.2, -0.15) is 0 Å². The van der Waals surface area contributed by atoms with E-state index in [1.54, 1.807) is 13.3 Å². The van der Waals surface area contributed by atoms with Crippen molar-refractivity contribution in [1.29, 1.82) is 0 Å². The standard InChI is InChI=1S/C16H27N3O2/c1-4-10-19(11-5-2)15-8-7-14(13-18-15)16(20)17-9-6-12-21-3/h7-8,13H,4-6,9-12H2,1-3H3,(H,17,20). The predicted octanol–water partition coefficient (Wildman–Crippen LogP) is 2.47. The number of methoxy groups -OCH3 is 1. The van der Waals surface area contributed by atoms with E-state index >= 15 is 0 Å². The fourth-order valence-electron chi connectivity index (χ4n) is 2.11. The number of hydrogen-bond acceptors (Lipinski definition) is 4. The number of pyridine rings is 1. The molecular weight excluding hydrogens is 266 g/mol. The molecule has 0 atom stereocenters. The van der Waals surface area contributed by atoms with Crippen molar-refractivity contribution in [3.8, 4) is 0 Å². The van der Waals surface area contributed by atoms with E-state index in [2.05, 4.69) is 29.0 Å². The van der Waals surface area contributed by atoms with Crippen molar-refractivity contribution in [3.63, 3.8) is 0 Å². The molecule has 0 fully saturated rings. The van der Waals surface area contributed by atoms with E-state index in [0.29, 0.717) is 18.7 Å². The van der Waals surface area contributed by atoms with Gasteiger partial charge in [-0.3, -0.25) is 4.79 Å². The monoisotopic (exact) mass is 293 g/mol. The van der Waals surface area contributed by atoms with Gasteiger partial charge in [-0.15, -0.1) is 0 Å². The summed E-state index contributed by atoms with van der Waals surface area (Å²) in [4.78, 5) is 18.6. The van der Waals surface area contributed by atoms with Crippen LogP contribution in [0.4, 0.5) is 5.82 Å². The van der Waals surface area contributed by atoms with Crippen molar-refractivity contribution >= 4 is 11.7 Å². The van der Waals surface area contributed by atoms with Crippen LogP contribution in [0.1, 0.15) is 43.5 Å². The number of hydrogen-bond donors (Lipinski definition) is 1. The van der Waals surface area contributed by atoms with Crippen LogP contribution in [0.15, 0.2) is 18.3 Å². The number of nitrogens with one attached hydrogen (secondary N) is 1. The van der Waals surface area contributed by atoms with Gasteiger partial charge in [0.1, 0.15) is 5.82 Å². The number of ether oxygens (including phenoxy) is 1. The first-order valence-electron chi connectivity index (χ1n) is 7.71. The second kappa shape index (κ2) is 10.2. The Morgan fingerprint density at radius 3 is 2.52 bits per heavy atom. The predicted molar refractivity (Wildman–Crippen MR) is 85.9 cm³/mol. The number of carbonyl (C=O) groups excluding carboxylic acids is 1. The Kier molecular flexibility index (Phi) is 8.43. The fourth-order valence-corrected chi connectivity index (χ4v) is 2.11. The lowest BCUT2D eigenvalue weighted by Gasteiger charge is -2.22. The highest BCUT2D eigenvalue weighted by atomic mass is 16.5. The molecule has 1 heterocycles. The van der Waals surface area contributed by atoms with E-state index in [1.165, 1.54) is 0 Å². The van der Waals surface area contributed by atoms with Crippen molar-refractivity contribution in [1.82, 2.24) is 10.3 Å². The summed E-state index contributed by atoms with van der Waals surface area (Å²) in [5.41, 5.74) is 0.601. The van der Waals surface area contributed by atoms with Gasteiger partial charge in [-0.1, -0.05) is 13.8 Å². The molecular formula is C16H27N3O2. The average Bonchev–Trinajstić information content (AvgIpc) is 2.51. The number of aromatic nitrogens is 1. The van der Waals surface area contributed by atoms with Crippen molar-refractivity contribution in [2.45, 2.75) is 33.1 Å². The van der Waals surface area contributed by atoms with Crippen LogP contribution in [0, 0.1) is 0 Å². The Morgan fingerprint density at radius 1 is 1.29 bits per heavy atom. The molecule has 1 N–H and O–H groups in total. The fraction of sp³-hybridized carbons (Fsp3) is 0.625. The molecule has 0 bridgehead atoms. The molecule has 0 unspecified atom stereocenters. The van der Waals surface area contributed by atoms with Gasteiger partial charge < -0.3 is 15.0 Å². The molecule has 0 aromatic carbocycles. The van der Waals surface area contributed by atoms with Crippen LogP contribution in [0.25, 0.3) is 0 Å². The normalized spacial score (nSPS) is 10.4. The first-order chi connectivity index (χ1) is 10.2. The van der Waals surface area contributed by atoms with Crippen LogP contribution in [0.3, 0.4) is 0 Å². The first-order valence-corrected chi connectivity index (χ1v) is 7.71. The Balaban J connectivity index is 2.57. The Bertz CT molecular complexity index is 400. The molecule has 0 spiro atoms. The van der Waals surface area contributed by atoms with Crippen molar-refractivity contribution in [2.24, 2.45) is 0 Å². The van der Waals surface area contributed by atoms with Crippen LogP contribution in [0.5, 0.6) is 0 Å². The number of rotatable bonds is 10. The summed E-state index contributed by atoms with van der Waals surface area (Å²) >= 11 is 0. The number of anilines is 1. The second-order valence-electron chi connectivity index (χ2n) is 4.99. The highest BCUT2D eigenvalue weighted by molar-refractivity contribution is 5.94. The van der Waals surface area contributed by atoms with Crippen molar-refractivity contribution in [3.05, 3.63) is 23.9 Å². The zero-order valence-corrected chi connectivity index (χ0v) is 13.4. The summed E-state index contributed by atoms with van der Waals surface area (Å²) in [5, 5.41) is 2.86. The van der Waals surface area contributed by atoms with Crippen LogP contribution in [-0.2, 0) is 4.74 Å². The molecule has 0 saturated carbocycles. The molecule has 1 aromatic heterocycles. The zero-order valence-electron chi connectivity index (χ0n) is 13.4. The quantitative estimate of drug-likeness (QED) is 0.673. The van der Waals surface area contributed by atoms with E-state index in [9.17, 15) is 4.79 Å². The number of nitrogens with zero attached hydrogens (tertiary/aromatic N) is 2. The number of amides is 1. The van der Waals surface area contributed by atoms with E-state index in [-0.39, 0.29) is 5.91 Å². The van der Waals surface area contributed by atoms with Gasteiger partial charge in [0.05, 0.1) is 5.56 Å². The molecule has 5 nitrogen and oxygen atoms in total. The second-order valence-corrected chi connectivity index (χ2v) is 4.99. The smallest absolute Gasteiger partial charge is 0.252 e. The van der Waals surface area contributed by atoms with Gasteiger partial charge in [0.15, 0.2) is 0 Å². The summed E-state index contributed by atoms with van der Waals surface area (Å²) < 4.78 is 4.95. The van der Waals surface area contributed by atoms with Gasteiger partial charge in [0.25, 0.3) is 5.91 Å². The van der Waals surface area contributed by atoms with E-state index < -0.39 is 0 Å². The highest BCUT2D eigenvalue weighted by Crippen LogP contribution is 2.12. The number of carbonyl (C=O) groups is 1. The molecule has 1 aromatic rings. The van der Waals surface area contributed by atoms with E-state index in [0.717, 1.165) is 38.2 Å². The lowest BCUT2D eigenvalue weighted by atomic mass is 10.2. The minimum Gasteiger partial charge on any atom is -0.385 e. The molecule has 0 saturated heterocycles. The summed E-state index contributed by atoms with van der Waals surface area (Å²) in [5.74, 6) is 0.859. The lowest BCUT2D eigenvalue weighted by Crippen LogP contribution is -2.27. The SMILES string of the molecule is CCCN(CCC)c1ccc(C(=O)NCCCOC)cn1. The average molecular weight is 293 g/mol. The third-order valence-corrected chi connectivity index (χ3v) is 3.13. The van der Waals surface area contributed by atoms with Gasteiger partial charge in [0.2, 0.25) is 0 Å². The summed E-state index contributed by atoms with van der Waals surface area (Å²) in [7, 11) is 1.66. The minimum atomic E-state index is -0.0808. The van der Waals surface area contributed by atoms with Crippen LogP contribution < -0.4 is 10.2 Å². The molecule has 5 heteroatoms. The summed E-state index contributed by atoms with van der Waals surface area (Å²) in [6, 6.07) is 3.77. The molecule has 118 valence electrons. The maximum atomic E-state index is 11.9. The van der Waals surface area contributed by atoms with Crippen LogP contribution in [-0.4, -0.2) is 44.2 Å². The van der Waals surface area contributed by atoms with E-state index in [1.807, 2.05) is 12.1 Å².